The van der Waals surface area contributed by atoms with Crippen LogP contribution in [0, 0.1) is 12.3 Å². The van der Waals surface area contributed by atoms with Crippen molar-refractivity contribution >= 4 is 23.2 Å². The van der Waals surface area contributed by atoms with Gasteiger partial charge in [0.25, 0.3) is 5.91 Å². The summed E-state index contributed by atoms with van der Waals surface area (Å²) in [5.41, 5.74) is 0.115. The van der Waals surface area contributed by atoms with Gasteiger partial charge in [-0.3, -0.25) is 9.59 Å². The van der Waals surface area contributed by atoms with Gasteiger partial charge in [0, 0.05) is 23.9 Å². The number of hydrogen-bond donors (Lipinski definition) is 2. The minimum atomic E-state index is -0.545. The molecule has 0 aromatic carbocycles. The highest BCUT2D eigenvalue weighted by molar-refractivity contribution is 7.08. The van der Waals surface area contributed by atoms with E-state index in [2.05, 4.69) is 16.6 Å². The number of nitrogens with one attached hydrogen (secondary N) is 2. The van der Waals surface area contributed by atoms with Crippen LogP contribution in [0.25, 0.3) is 0 Å². The second kappa shape index (κ2) is 8.48. The zero-order valence-electron chi connectivity index (χ0n) is 12.6. The number of amides is 2. The van der Waals surface area contributed by atoms with Crippen LogP contribution in [0.1, 0.15) is 49.9 Å². The SMILES string of the molecule is C#CC(CC)(CC)NC(=O)CCCNC(=O)c1ccsc1. The van der Waals surface area contributed by atoms with Crippen molar-refractivity contribution in [3.05, 3.63) is 22.4 Å². The lowest BCUT2D eigenvalue weighted by molar-refractivity contribution is -0.122. The van der Waals surface area contributed by atoms with E-state index in [1.807, 2.05) is 19.2 Å². The summed E-state index contributed by atoms with van der Waals surface area (Å²) in [7, 11) is 0. The molecule has 5 heteroatoms. The number of hydrogen-bond acceptors (Lipinski definition) is 3. The number of carbonyl (C=O) groups excluding carboxylic acids is 2. The van der Waals surface area contributed by atoms with Crippen LogP contribution >= 0.6 is 11.3 Å². The third-order valence-corrected chi connectivity index (χ3v) is 4.19. The standard InChI is InChI=1S/C16H22N2O2S/c1-4-16(5-2,6-3)18-14(19)8-7-10-17-15(20)13-9-11-21-12-13/h1,9,11-12H,5-8,10H2,2-3H3,(H,17,20)(H,18,19). The van der Waals surface area contributed by atoms with E-state index >= 15 is 0 Å². The number of thiophene rings is 1. The molecule has 1 heterocycles. The van der Waals surface area contributed by atoms with Crippen molar-refractivity contribution in [3.63, 3.8) is 0 Å². The van der Waals surface area contributed by atoms with E-state index in [-0.39, 0.29) is 11.8 Å². The van der Waals surface area contributed by atoms with Crippen LogP contribution in [0.4, 0.5) is 0 Å². The van der Waals surface area contributed by atoms with Gasteiger partial charge in [-0.15, -0.1) is 6.42 Å². The van der Waals surface area contributed by atoms with E-state index < -0.39 is 5.54 Å². The van der Waals surface area contributed by atoms with Crippen LogP contribution in [-0.2, 0) is 4.79 Å². The molecular weight excluding hydrogens is 284 g/mol. The van der Waals surface area contributed by atoms with Crippen molar-refractivity contribution in [2.24, 2.45) is 0 Å². The topological polar surface area (TPSA) is 58.2 Å². The zero-order chi connectivity index (χ0) is 15.7. The van der Waals surface area contributed by atoms with Crippen LogP contribution in [0.5, 0.6) is 0 Å². The van der Waals surface area contributed by atoms with Gasteiger partial charge in [-0.25, -0.2) is 0 Å². The van der Waals surface area contributed by atoms with Crippen molar-refractivity contribution in [2.45, 2.75) is 45.1 Å². The molecule has 0 aliphatic carbocycles. The molecular formula is C16H22N2O2S. The molecule has 0 fully saturated rings. The van der Waals surface area contributed by atoms with Gasteiger partial charge < -0.3 is 10.6 Å². The van der Waals surface area contributed by atoms with Crippen LogP contribution in [0.3, 0.4) is 0 Å². The first-order valence-electron chi connectivity index (χ1n) is 7.16. The van der Waals surface area contributed by atoms with Gasteiger partial charge in [0.15, 0.2) is 0 Å². The fourth-order valence-electron chi connectivity index (χ4n) is 1.94. The first-order valence-corrected chi connectivity index (χ1v) is 8.10. The number of rotatable bonds is 8. The monoisotopic (exact) mass is 306 g/mol. The van der Waals surface area contributed by atoms with E-state index in [9.17, 15) is 9.59 Å². The summed E-state index contributed by atoms with van der Waals surface area (Å²) in [5.74, 6) is 2.50. The third-order valence-electron chi connectivity index (χ3n) is 3.51. The Morgan fingerprint density at radius 2 is 2.10 bits per heavy atom. The lowest BCUT2D eigenvalue weighted by Gasteiger charge is -2.27. The van der Waals surface area contributed by atoms with E-state index in [1.54, 1.807) is 11.4 Å². The highest BCUT2D eigenvalue weighted by Crippen LogP contribution is 2.13. The molecule has 0 aliphatic heterocycles. The van der Waals surface area contributed by atoms with E-state index in [0.717, 1.165) is 0 Å². The maximum Gasteiger partial charge on any atom is 0.252 e. The molecule has 0 saturated carbocycles. The maximum atomic E-state index is 11.9. The quantitative estimate of drug-likeness (QED) is 0.573. The molecule has 4 nitrogen and oxygen atoms in total. The first kappa shape index (κ1) is 17.3. The Balaban J connectivity index is 2.28. The third kappa shape index (κ3) is 5.24. The molecule has 0 aliphatic rings. The Kier molecular flexibility index (Phi) is 6.97. The predicted octanol–water partition coefficient (Wildman–Crippen LogP) is 2.57. The maximum absolute atomic E-state index is 11.9. The fourth-order valence-corrected chi connectivity index (χ4v) is 2.58. The molecule has 0 radical (unpaired) electrons. The van der Waals surface area contributed by atoms with Crippen molar-refractivity contribution in [3.8, 4) is 12.3 Å². The molecule has 114 valence electrons. The second-order valence-electron chi connectivity index (χ2n) is 4.85. The second-order valence-corrected chi connectivity index (χ2v) is 5.63. The molecule has 0 spiro atoms. The Morgan fingerprint density at radius 1 is 1.38 bits per heavy atom. The van der Waals surface area contributed by atoms with Crippen molar-refractivity contribution < 1.29 is 9.59 Å². The Morgan fingerprint density at radius 3 is 2.62 bits per heavy atom. The summed E-state index contributed by atoms with van der Waals surface area (Å²) in [6.07, 6.45) is 7.87. The molecule has 0 bridgehead atoms. The Bertz CT molecular complexity index is 499. The molecule has 2 amide bonds. The fraction of sp³-hybridized carbons (Fsp3) is 0.500. The molecule has 21 heavy (non-hydrogen) atoms. The average Bonchev–Trinajstić information content (AvgIpc) is 3.03. The van der Waals surface area contributed by atoms with Crippen LogP contribution < -0.4 is 10.6 Å². The summed E-state index contributed by atoms with van der Waals surface area (Å²) in [5, 5.41) is 9.36. The largest absolute Gasteiger partial charge is 0.352 e. The molecule has 1 rings (SSSR count). The summed E-state index contributed by atoms with van der Waals surface area (Å²) >= 11 is 1.48. The molecule has 0 atom stereocenters. The number of carbonyl (C=O) groups is 2. The van der Waals surface area contributed by atoms with Gasteiger partial charge in [0.1, 0.15) is 5.54 Å². The first-order chi connectivity index (χ1) is 10.1. The Hall–Kier alpha value is -1.80. The molecule has 1 aromatic rings. The molecule has 0 saturated heterocycles. The smallest absolute Gasteiger partial charge is 0.252 e. The zero-order valence-corrected chi connectivity index (χ0v) is 13.4. The van der Waals surface area contributed by atoms with Crippen LogP contribution in [0.15, 0.2) is 16.8 Å². The van der Waals surface area contributed by atoms with Gasteiger partial charge >= 0.3 is 0 Å². The van der Waals surface area contributed by atoms with Gasteiger partial charge in [-0.05, 0) is 30.7 Å². The average molecular weight is 306 g/mol. The van der Waals surface area contributed by atoms with E-state index in [1.165, 1.54) is 11.3 Å². The van der Waals surface area contributed by atoms with Gasteiger partial charge in [0.05, 0.1) is 0 Å². The minimum absolute atomic E-state index is 0.0681. The van der Waals surface area contributed by atoms with Gasteiger partial charge in [0.2, 0.25) is 5.91 Å². The predicted molar refractivity (Wildman–Crippen MR) is 86.2 cm³/mol. The highest BCUT2D eigenvalue weighted by atomic mass is 32.1. The van der Waals surface area contributed by atoms with Crippen LogP contribution in [-0.4, -0.2) is 23.9 Å². The van der Waals surface area contributed by atoms with Gasteiger partial charge in [-0.2, -0.15) is 11.3 Å². The van der Waals surface area contributed by atoms with Crippen molar-refractivity contribution in [2.75, 3.05) is 6.54 Å². The highest BCUT2D eigenvalue weighted by Gasteiger charge is 2.24. The van der Waals surface area contributed by atoms with Crippen molar-refractivity contribution in [1.29, 1.82) is 0 Å². The van der Waals surface area contributed by atoms with Gasteiger partial charge in [-0.1, -0.05) is 19.8 Å². The van der Waals surface area contributed by atoms with Crippen LogP contribution in [0.2, 0.25) is 0 Å². The molecule has 1 aromatic heterocycles. The van der Waals surface area contributed by atoms with Crippen molar-refractivity contribution in [1.82, 2.24) is 10.6 Å². The number of terminal acetylenes is 1. The lowest BCUT2D eigenvalue weighted by atomic mass is 9.93. The summed E-state index contributed by atoms with van der Waals surface area (Å²) < 4.78 is 0. The Labute approximate surface area is 130 Å². The summed E-state index contributed by atoms with van der Waals surface area (Å²) in [6, 6.07) is 1.77. The minimum Gasteiger partial charge on any atom is -0.352 e. The summed E-state index contributed by atoms with van der Waals surface area (Å²) in [6.45, 7) is 4.40. The molecule has 2 N–H and O–H groups in total. The van der Waals surface area contributed by atoms with E-state index in [0.29, 0.717) is 37.8 Å². The summed E-state index contributed by atoms with van der Waals surface area (Å²) in [4.78, 5) is 23.6. The molecule has 0 unspecified atom stereocenters. The van der Waals surface area contributed by atoms with E-state index in [4.69, 9.17) is 6.42 Å². The normalized spacial score (nSPS) is 10.7. The lowest BCUT2D eigenvalue weighted by Crippen LogP contribution is -2.46.